The van der Waals surface area contributed by atoms with E-state index in [1.165, 1.54) is 17.0 Å². The van der Waals surface area contributed by atoms with Crippen molar-refractivity contribution in [1.29, 1.82) is 5.26 Å². The normalized spacial score (nSPS) is 29.9. The third-order valence-electron chi connectivity index (χ3n) is 6.94. The first kappa shape index (κ1) is 25.2. The van der Waals surface area contributed by atoms with Gasteiger partial charge in [-0.3, -0.25) is 9.59 Å². The van der Waals surface area contributed by atoms with Crippen molar-refractivity contribution in [2.75, 3.05) is 6.54 Å². The monoisotopic (exact) mass is 488 g/mol. The van der Waals surface area contributed by atoms with Gasteiger partial charge in [-0.15, -0.1) is 12.4 Å². The fourth-order valence-corrected chi connectivity index (χ4v) is 5.34. The molecule has 2 N–H and O–H groups in total. The van der Waals surface area contributed by atoms with Crippen molar-refractivity contribution >= 4 is 24.2 Å². The molecule has 2 unspecified atom stereocenters. The molecule has 0 aromatic heterocycles. The molecular weight excluding hydrogens is 464 g/mol. The number of piperidine rings is 1. The maximum atomic E-state index is 13.7. The molecule has 11 heteroatoms. The van der Waals surface area contributed by atoms with Gasteiger partial charge in [-0.25, -0.2) is 4.39 Å². The zero-order valence-electron chi connectivity index (χ0n) is 17.7. The molecule has 5 atom stereocenters. The standard InChI is InChI=1S/C22H24F4N4O2.ClH/c23-15-9-18(10-27)29(11-15)21(32)19(28)13-7-16-5-6-17(8-13)30(16)20(31)12-1-3-14(4-2-12)22(24,25)26;/h1-4,13,15-19H,5-9,11,28H2;1H/t13?,15-,16?,17?,18-,19-;/m0./s1. The fourth-order valence-electron chi connectivity index (χ4n) is 5.34. The van der Waals surface area contributed by atoms with Crippen LogP contribution in [0.25, 0.3) is 0 Å². The number of hydrogen-bond acceptors (Lipinski definition) is 4. The van der Waals surface area contributed by atoms with Gasteiger partial charge < -0.3 is 15.5 Å². The van der Waals surface area contributed by atoms with E-state index in [0.717, 1.165) is 25.0 Å². The van der Waals surface area contributed by atoms with Gasteiger partial charge in [0.15, 0.2) is 0 Å². The van der Waals surface area contributed by atoms with Gasteiger partial charge in [-0.2, -0.15) is 18.4 Å². The van der Waals surface area contributed by atoms with Crippen LogP contribution in [-0.4, -0.2) is 58.5 Å². The van der Waals surface area contributed by atoms with Crippen molar-refractivity contribution in [3.05, 3.63) is 35.4 Å². The molecule has 3 fully saturated rings. The second kappa shape index (κ2) is 9.47. The van der Waals surface area contributed by atoms with Gasteiger partial charge in [-0.1, -0.05) is 0 Å². The number of nitrogens with two attached hydrogens (primary N) is 1. The third kappa shape index (κ3) is 4.80. The number of likely N-dealkylation sites (tertiary alicyclic amines) is 1. The highest BCUT2D eigenvalue weighted by Gasteiger charge is 2.47. The average molecular weight is 489 g/mol. The first-order chi connectivity index (χ1) is 15.1. The van der Waals surface area contributed by atoms with E-state index < -0.39 is 35.9 Å². The molecule has 1 aromatic rings. The van der Waals surface area contributed by atoms with Crippen molar-refractivity contribution in [2.45, 2.75) is 68.6 Å². The number of rotatable bonds is 3. The Labute approximate surface area is 195 Å². The van der Waals surface area contributed by atoms with Gasteiger partial charge >= 0.3 is 6.18 Å². The molecule has 4 rings (SSSR count). The van der Waals surface area contributed by atoms with E-state index in [0.29, 0.717) is 12.8 Å². The fraction of sp³-hybridized carbons (Fsp3) is 0.591. The van der Waals surface area contributed by atoms with E-state index in [2.05, 4.69) is 0 Å². The van der Waals surface area contributed by atoms with Crippen LogP contribution in [0.4, 0.5) is 17.6 Å². The number of fused-ring (bicyclic) bond motifs is 2. The Morgan fingerprint density at radius 1 is 1.09 bits per heavy atom. The Bertz CT molecular complexity index is 922. The summed E-state index contributed by atoms with van der Waals surface area (Å²) >= 11 is 0. The summed E-state index contributed by atoms with van der Waals surface area (Å²) < 4.78 is 52.1. The molecule has 6 nitrogen and oxygen atoms in total. The summed E-state index contributed by atoms with van der Waals surface area (Å²) in [6, 6.07) is 4.10. The summed E-state index contributed by atoms with van der Waals surface area (Å²) in [5.41, 5.74) is 5.62. The maximum Gasteiger partial charge on any atom is 0.416 e. The van der Waals surface area contributed by atoms with Crippen LogP contribution in [0, 0.1) is 17.2 Å². The predicted octanol–water partition coefficient (Wildman–Crippen LogP) is 3.30. The van der Waals surface area contributed by atoms with Crippen LogP contribution in [0.1, 0.15) is 48.0 Å². The Morgan fingerprint density at radius 3 is 2.18 bits per heavy atom. The van der Waals surface area contributed by atoms with Crippen LogP contribution in [0.15, 0.2) is 24.3 Å². The summed E-state index contributed by atoms with van der Waals surface area (Å²) in [5.74, 6) is -0.979. The summed E-state index contributed by atoms with van der Waals surface area (Å²) in [5, 5.41) is 9.20. The molecule has 3 aliphatic rings. The highest BCUT2D eigenvalue weighted by Crippen LogP contribution is 2.41. The summed E-state index contributed by atoms with van der Waals surface area (Å²) in [7, 11) is 0. The van der Waals surface area contributed by atoms with E-state index in [-0.39, 0.29) is 54.8 Å². The van der Waals surface area contributed by atoms with Crippen molar-refractivity contribution < 1.29 is 27.2 Å². The molecule has 180 valence electrons. The second-order valence-electron chi connectivity index (χ2n) is 8.90. The lowest BCUT2D eigenvalue weighted by Gasteiger charge is -2.41. The van der Waals surface area contributed by atoms with Crippen LogP contribution in [-0.2, 0) is 11.0 Å². The van der Waals surface area contributed by atoms with Crippen molar-refractivity contribution in [2.24, 2.45) is 11.7 Å². The van der Waals surface area contributed by atoms with E-state index in [9.17, 15) is 32.4 Å². The number of carbonyl (C=O) groups is 2. The molecule has 3 heterocycles. The molecule has 2 bridgehead atoms. The van der Waals surface area contributed by atoms with Gasteiger partial charge in [0, 0.05) is 24.1 Å². The highest BCUT2D eigenvalue weighted by molar-refractivity contribution is 5.95. The van der Waals surface area contributed by atoms with Gasteiger partial charge in [-0.05, 0) is 55.9 Å². The SMILES string of the molecule is Cl.N#C[C@@H]1C[C@H](F)CN1C(=O)[C@@H](N)C1CC2CCC(C1)N2C(=O)c1ccc(C(F)(F)F)cc1. The number of nitrogens with zero attached hydrogens (tertiary/aromatic N) is 3. The highest BCUT2D eigenvalue weighted by atomic mass is 35.5. The molecule has 0 saturated carbocycles. The lowest BCUT2D eigenvalue weighted by atomic mass is 9.84. The minimum absolute atomic E-state index is 0. The molecule has 1 aromatic carbocycles. The van der Waals surface area contributed by atoms with Gasteiger partial charge in [0.1, 0.15) is 12.2 Å². The largest absolute Gasteiger partial charge is 0.416 e. The molecular formula is C22H25ClF4N4O2. The molecule has 0 spiro atoms. The quantitative estimate of drug-likeness (QED) is 0.661. The van der Waals surface area contributed by atoms with Crippen LogP contribution in [0.2, 0.25) is 0 Å². The Hall–Kier alpha value is -2.38. The molecule has 0 radical (unpaired) electrons. The Kier molecular flexibility index (Phi) is 7.24. The lowest BCUT2D eigenvalue weighted by molar-refractivity contribution is -0.137. The number of nitriles is 1. The summed E-state index contributed by atoms with van der Waals surface area (Å²) in [6.45, 7) is -0.136. The third-order valence-corrected chi connectivity index (χ3v) is 6.94. The number of halogens is 5. The zero-order chi connectivity index (χ0) is 23.2. The summed E-state index contributed by atoms with van der Waals surface area (Å²) in [6.07, 6.45) is -3.30. The predicted molar refractivity (Wildman–Crippen MR) is 113 cm³/mol. The van der Waals surface area contributed by atoms with E-state index in [1.807, 2.05) is 6.07 Å². The molecule has 0 aliphatic carbocycles. The molecule has 3 aliphatic heterocycles. The van der Waals surface area contributed by atoms with Gasteiger partial charge in [0.2, 0.25) is 5.91 Å². The number of carbonyl (C=O) groups excluding carboxylic acids is 2. The van der Waals surface area contributed by atoms with Crippen LogP contribution in [0.5, 0.6) is 0 Å². The Balaban J connectivity index is 0.00000306. The van der Waals surface area contributed by atoms with Crippen molar-refractivity contribution in [1.82, 2.24) is 9.80 Å². The smallest absolute Gasteiger partial charge is 0.333 e. The van der Waals surface area contributed by atoms with Gasteiger partial charge in [0.25, 0.3) is 5.91 Å². The van der Waals surface area contributed by atoms with Crippen LogP contribution in [0.3, 0.4) is 0 Å². The first-order valence-electron chi connectivity index (χ1n) is 10.7. The lowest BCUT2D eigenvalue weighted by Crippen LogP contribution is -2.55. The zero-order valence-corrected chi connectivity index (χ0v) is 18.5. The van der Waals surface area contributed by atoms with Crippen LogP contribution >= 0.6 is 12.4 Å². The molecule has 33 heavy (non-hydrogen) atoms. The maximum absolute atomic E-state index is 13.7. The van der Waals surface area contributed by atoms with E-state index in [4.69, 9.17) is 5.73 Å². The average Bonchev–Trinajstić information content (AvgIpc) is 3.27. The van der Waals surface area contributed by atoms with Crippen LogP contribution < -0.4 is 5.73 Å². The number of benzene rings is 1. The second-order valence-corrected chi connectivity index (χ2v) is 8.90. The van der Waals surface area contributed by atoms with E-state index in [1.54, 1.807) is 4.90 Å². The van der Waals surface area contributed by atoms with Crippen molar-refractivity contribution in [3.8, 4) is 6.07 Å². The number of alkyl halides is 4. The first-order valence-corrected chi connectivity index (χ1v) is 10.7. The van der Waals surface area contributed by atoms with Crippen molar-refractivity contribution in [3.63, 3.8) is 0 Å². The molecule has 3 saturated heterocycles. The number of amides is 2. The minimum Gasteiger partial charge on any atom is -0.333 e. The topological polar surface area (TPSA) is 90.4 Å². The van der Waals surface area contributed by atoms with Gasteiger partial charge in [0.05, 0.1) is 24.2 Å². The Morgan fingerprint density at radius 2 is 1.67 bits per heavy atom. The minimum atomic E-state index is -4.47. The summed E-state index contributed by atoms with van der Waals surface area (Å²) in [4.78, 5) is 28.8. The number of hydrogen-bond donors (Lipinski definition) is 1. The van der Waals surface area contributed by atoms with E-state index >= 15 is 0 Å². The molecule has 2 amide bonds.